The van der Waals surface area contributed by atoms with Gasteiger partial charge in [0.05, 0.1) is 35.2 Å². The van der Waals surface area contributed by atoms with Gasteiger partial charge in [0.1, 0.15) is 5.56 Å². The number of ether oxygens (including phenoxy) is 2. The predicted molar refractivity (Wildman–Crippen MR) is 127 cm³/mol. The molecule has 3 aromatic heterocycles. The van der Waals surface area contributed by atoms with Crippen molar-refractivity contribution in [3.63, 3.8) is 0 Å². The lowest BCUT2D eigenvalue weighted by Crippen LogP contribution is -2.09. The van der Waals surface area contributed by atoms with Gasteiger partial charge in [-0.25, -0.2) is 8.78 Å². The van der Waals surface area contributed by atoms with Gasteiger partial charge in [-0.2, -0.15) is 5.10 Å². The zero-order chi connectivity index (χ0) is 25.3. The Hall–Kier alpha value is -4.12. The summed E-state index contributed by atoms with van der Waals surface area (Å²) in [6.45, 7) is 3.44. The number of carbonyl (C=O) groups excluding carboxylic acids is 2. The van der Waals surface area contributed by atoms with Gasteiger partial charge in [0, 0.05) is 37.6 Å². The molecule has 11 heteroatoms. The van der Waals surface area contributed by atoms with Crippen molar-refractivity contribution in [3.8, 4) is 11.5 Å². The van der Waals surface area contributed by atoms with Crippen LogP contribution in [0.4, 0.5) is 14.5 Å². The lowest BCUT2D eigenvalue weighted by Gasteiger charge is -2.11. The SMILES string of the molecule is C=CC(=O)Nc1cn(C)nc1Cc1cc2cc(C(=O)c3c(F)c(OC)cc(OC)c3F)sc2cn1. The molecule has 0 saturated carbocycles. The number of aromatic nitrogens is 3. The Morgan fingerprint density at radius 3 is 2.49 bits per heavy atom. The fraction of sp³-hybridized carbons (Fsp3) is 0.167. The van der Waals surface area contributed by atoms with Crippen LogP contribution in [0.15, 0.2) is 43.2 Å². The lowest BCUT2D eigenvalue weighted by atomic mass is 10.1. The number of hydrogen-bond donors (Lipinski definition) is 1. The second kappa shape index (κ2) is 9.63. The first-order valence-electron chi connectivity index (χ1n) is 10.2. The molecule has 0 fully saturated rings. The first kappa shape index (κ1) is 24.0. The number of thiophene rings is 1. The van der Waals surface area contributed by atoms with Gasteiger partial charge >= 0.3 is 0 Å². The molecule has 0 bridgehead atoms. The molecule has 8 nitrogen and oxygen atoms in total. The van der Waals surface area contributed by atoms with Crippen LogP contribution in [0, 0.1) is 11.6 Å². The summed E-state index contributed by atoms with van der Waals surface area (Å²) in [6.07, 6.45) is 4.71. The molecular formula is C24H20F2N4O4S. The Morgan fingerprint density at radius 1 is 1.17 bits per heavy atom. The Morgan fingerprint density at radius 2 is 1.86 bits per heavy atom. The van der Waals surface area contributed by atoms with Crippen LogP contribution in [-0.4, -0.2) is 40.7 Å². The van der Waals surface area contributed by atoms with Crippen molar-refractivity contribution in [2.75, 3.05) is 19.5 Å². The van der Waals surface area contributed by atoms with E-state index in [1.54, 1.807) is 36.3 Å². The molecule has 1 amide bonds. The van der Waals surface area contributed by atoms with E-state index in [-0.39, 0.29) is 22.3 Å². The molecule has 1 aromatic carbocycles. The maximum Gasteiger partial charge on any atom is 0.247 e. The Kier molecular flexibility index (Phi) is 6.61. The fourth-order valence-corrected chi connectivity index (χ4v) is 4.49. The topological polar surface area (TPSA) is 95.3 Å². The standard InChI is InChI=1S/C24H20F2N4O4S/c1-5-20(31)28-15-11-30(2)29-14(15)8-13-6-12-7-18(35-19(12)10-27-13)24(32)21-22(25)16(33-3)9-17(34-4)23(21)26/h5-7,9-11H,1,8H2,2-4H3,(H,28,31). The molecule has 0 aliphatic heterocycles. The second-order valence-electron chi connectivity index (χ2n) is 7.47. The van der Waals surface area contributed by atoms with Crippen molar-refractivity contribution in [3.05, 3.63) is 76.7 Å². The van der Waals surface area contributed by atoms with Crippen molar-refractivity contribution in [1.82, 2.24) is 14.8 Å². The van der Waals surface area contributed by atoms with E-state index in [0.717, 1.165) is 23.5 Å². The molecule has 0 unspecified atom stereocenters. The molecule has 0 saturated heterocycles. The number of methoxy groups -OCH3 is 2. The number of carbonyl (C=O) groups is 2. The average Bonchev–Trinajstić information content (AvgIpc) is 3.41. The number of hydrogen-bond acceptors (Lipinski definition) is 7. The summed E-state index contributed by atoms with van der Waals surface area (Å²) in [7, 11) is 4.16. The average molecular weight is 499 g/mol. The molecule has 1 N–H and O–H groups in total. The lowest BCUT2D eigenvalue weighted by molar-refractivity contribution is -0.111. The molecule has 3 heterocycles. The van der Waals surface area contributed by atoms with Crippen LogP contribution in [0.25, 0.3) is 10.1 Å². The van der Waals surface area contributed by atoms with Crippen molar-refractivity contribution in [2.24, 2.45) is 7.05 Å². The third-order valence-corrected chi connectivity index (χ3v) is 6.27. The number of rotatable bonds is 8. The molecule has 4 aromatic rings. The number of anilines is 1. The molecule has 0 atom stereocenters. The van der Waals surface area contributed by atoms with Crippen molar-refractivity contribution in [2.45, 2.75) is 6.42 Å². The largest absolute Gasteiger partial charge is 0.494 e. The van der Waals surface area contributed by atoms with Crippen LogP contribution in [0.2, 0.25) is 0 Å². The molecule has 0 spiro atoms. The predicted octanol–water partition coefficient (Wildman–Crippen LogP) is 4.27. The van der Waals surface area contributed by atoms with Crippen molar-refractivity contribution in [1.29, 1.82) is 0 Å². The monoisotopic (exact) mass is 498 g/mol. The number of fused-ring (bicyclic) bond motifs is 1. The number of nitrogens with zero attached hydrogens (tertiary/aromatic N) is 3. The fourth-order valence-electron chi connectivity index (χ4n) is 3.53. The van der Waals surface area contributed by atoms with Crippen LogP contribution in [-0.2, 0) is 18.3 Å². The van der Waals surface area contributed by atoms with E-state index in [0.29, 0.717) is 33.6 Å². The minimum absolute atomic E-state index is 0.129. The van der Waals surface area contributed by atoms with E-state index in [1.807, 2.05) is 0 Å². The van der Waals surface area contributed by atoms with Crippen LogP contribution >= 0.6 is 11.3 Å². The number of pyridine rings is 1. The van der Waals surface area contributed by atoms with Gasteiger partial charge in [-0.3, -0.25) is 19.3 Å². The van der Waals surface area contributed by atoms with Crippen molar-refractivity contribution >= 4 is 38.8 Å². The summed E-state index contributed by atoms with van der Waals surface area (Å²) in [5.74, 6) is -4.00. The third kappa shape index (κ3) is 4.62. The van der Waals surface area contributed by atoms with E-state index in [1.165, 1.54) is 14.2 Å². The number of nitrogens with one attached hydrogen (secondary N) is 1. The molecule has 180 valence electrons. The summed E-state index contributed by atoms with van der Waals surface area (Å²) < 4.78 is 41.7. The summed E-state index contributed by atoms with van der Waals surface area (Å²) in [4.78, 5) is 29.3. The zero-order valence-electron chi connectivity index (χ0n) is 19.0. The number of ketones is 1. The smallest absolute Gasteiger partial charge is 0.247 e. The Bertz CT molecular complexity index is 1450. The first-order chi connectivity index (χ1) is 16.7. The highest BCUT2D eigenvalue weighted by atomic mass is 32.1. The zero-order valence-corrected chi connectivity index (χ0v) is 19.8. The van der Waals surface area contributed by atoms with Gasteiger partial charge in [-0.15, -0.1) is 11.3 Å². The van der Waals surface area contributed by atoms with Crippen molar-refractivity contribution < 1.29 is 27.8 Å². The molecule has 4 rings (SSSR count). The highest BCUT2D eigenvalue weighted by molar-refractivity contribution is 7.21. The highest BCUT2D eigenvalue weighted by Crippen LogP contribution is 2.35. The summed E-state index contributed by atoms with van der Waals surface area (Å²) in [5.41, 5.74) is 0.992. The van der Waals surface area contributed by atoms with E-state index in [4.69, 9.17) is 9.47 Å². The molecule has 0 radical (unpaired) electrons. The normalized spacial score (nSPS) is 10.9. The second-order valence-corrected chi connectivity index (χ2v) is 8.55. The number of halogens is 2. The van der Waals surface area contributed by atoms with E-state index in [2.05, 4.69) is 22.0 Å². The maximum atomic E-state index is 14.8. The van der Waals surface area contributed by atoms with E-state index < -0.39 is 23.0 Å². The molecule has 0 aliphatic carbocycles. The summed E-state index contributed by atoms with van der Waals surface area (Å²) in [5, 5.41) is 7.74. The summed E-state index contributed by atoms with van der Waals surface area (Å²) >= 11 is 1.06. The van der Waals surface area contributed by atoms with Crippen LogP contribution in [0.3, 0.4) is 0 Å². The first-order valence-corrected chi connectivity index (χ1v) is 11.1. The number of benzene rings is 1. The van der Waals surface area contributed by atoms with E-state index in [9.17, 15) is 18.4 Å². The molecular weight excluding hydrogens is 478 g/mol. The van der Waals surface area contributed by atoms with Crippen LogP contribution < -0.4 is 14.8 Å². The molecule has 35 heavy (non-hydrogen) atoms. The molecule has 0 aliphatic rings. The number of aryl methyl sites for hydroxylation is 1. The van der Waals surface area contributed by atoms with Gasteiger partial charge in [0.25, 0.3) is 0 Å². The van der Waals surface area contributed by atoms with Crippen LogP contribution in [0.1, 0.15) is 26.6 Å². The Balaban J connectivity index is 1.68. The third-order valence-electron chi connectivity index (χ3n) is 5.18. The van der Waals surface area contributed by atoms with Gasteiger partial charge < -0.3 is 14.8 Å². The quantitative estimate of drug-likeness (QED) is 0.288. The highest BCUT2D eigenvalue weighted by Gasteiger charge is 2.27. The van der Waals surface area contributed by atoms with Gasteiger partial charge in [0.15, 0.2) is 23.1 Å². The number of amides is 1. The minimum atomic E-state index is -1.10. The van der Waals surface area contributed by atoms with Gasteiger partial charge in [-0.05, 0) is 23.6 Å². The minimum Gasteiger partial charge on any atom is -0.494 e. The van der Waals surface area contributed by atoms with Gasteiger partial charge in [0.2, 0.25) is 11.7 Å². The maximum absolute atomic E-state index is 14.8. The van der Waals surface area contributed by atoms with Gasteiger partial charge in [-0.1, -0.05) is 6.58 Å². The Labute approximate surface area is 202 Å². The van der Waals surface area contributed by atoms with E-state index >= 15 is 0 Å². The summed E-state index contributed by atoms with van der Waals surface area (Å²) in [6, 6.07) is 4.36. The van der Waals surface area contributed by atoms with Crippen LogP contribution in [0.5, 0.6) is 11.5 Å².